The van der Waals surface area contributed by atoms with Crippen LogP contribution in [0.3, 0.4) is 0 Å². The van der Waals surface area contributed by atoms with E-state index >= 15 is 0 Å². The first-order valence-corrected chi connectivity index (χ1v) is 2.24. The van der Waals surface area contributed by atoms with E-state index in [9.17, 15) is 4.79 Å². The van der Waals surface area contributed by atoms with E-state index < -0.39 is 0 Å². The number of aliphatic hydroxyl groups is 1. The first kappa shape index (κ1) is 8.40. The van der Waals surface area contributed by atoms with Crippen molar-refractivity contribution in [2.24, 2.45) is 4.99 Å². The summed E-state index contributed by atoms with van der Waals surface area (Å²) in [6.45, 7) is 0. The van der Waals surface area contributed by atoms with Crippen LogP contribution in [0.1, 0.15) is 6.42 Å². The van der Waals surface area contributed by atoms with E-state index in [1.54, 1.807) is 0 Å². The molecule has 0 atom stereocenters. The van der Waals surface area contributed by atoms with Gasteiger partial charge in [0.2, 0.25) is 0 Å². The van der Waals surface area contributed by atoms with Crippen molar-refractivity contribution >= 4 is 11.7 Å². The summed E-state index contributed by atoms with van der Waals surface area (Å²) in [4.78, 5) is 13.8. The second kappa shape index (κ2) is 3.43. The van der Waals surface area contributed by atoms with Crippen molar-refractivity contribution < 1.29 is 27.0 Å². The van der Waals surface area contributed by atoms with Crippen LogP contribution >= 0.6 is 0 Å². The van der Waals surface area contributed by atoms with Crippen LogP contribution in [0.4, 0.5) is 0 Å². The molecule has 1 rings (SSSR count). The number of hydrogen-bond donors (Lipinski definition) is 1. The van der Waals surface area contributed by atoms with Gasteiger partial charge in [-0.25, -0.2) is 4.99 Å². The largest absolute Gasteiger partial charge is 0.496 e. The first-order chi connectivity index (χ1) is 3.79. The van der Waals surface area contributed by atoms with Crippen molar-refractivity contribution in [2.45, 2.75) is 6.42 Å². The molecule has 3 nitrogen and oxygen atoms in total. The quantitative estimate of drug-likeness (QED) is 0.531. The molecule has 1 N–H and O–H groups in total. The molecule has 0 radical (unpaired) electrons. The van der Waals surface area contributed by atoms with Gasteiger partial charge in [0, 0.05) is 29.3 Å². The minimum Gasteiger partial charge on any atom is -0.496 e. The van der Waals surface area contributed by atoms with E-state index in [4.69, 9.17) is 5.11 Å². The van der Waals surface area contributed by atoms with Crippen LogP contribution in [0, 0.1) is 0 Å². The van der Waals surface area contributed by atoms with E-state index in [-0.39, 0.29) is 35.2 Å². The van der Waals surface area contributed by atoms with Crippen LogP contribution in [0.25, 0.3) is 0 Å². The number of aliphatic hydroxyl groups excluding tert-OH is 1. The van der Waals surface area contributed by atoms with E-state index in [0.29, 0.717) is 0 Å². The van der Waals surface area contributed by atoms with Gasteiger partial charge in [-0.3, -0.25) is 4.79 Å². The molecule has 0 saturated heterocycles. The molecule has 1 heterocycles. The molecule has 4 heteroatoms. The molecule has 0 amide bonds. The molecule has 0 aromatic rings. The summed E-state index contributed by atoms with van der Waals surface area (Å²) in [5, 5.41) is 8.56. The minimum atomic E-state index is -0.0995. The van der Waals surface area contributed by atoms with Crippen molar-refractivity contribution in [1.29, 1.82) is 0 Å². The Balaban J connectivity index is 0.000000640. The summed E-state index contributed by atoms with van der Waals surface area (Å²) in [6, 6.07) is 0. The number of hydrogen-bond acceptors (Lipinski definition) is 2. The fourth-order valence-corrected chi connectivity index (χ4v) is 0.467. The molecular weight excluding hydrogens is 162 g/mol. The zero-order valence-electron chi connectivity index (χ0n) is 4.52. The van der Waals surface area contributed by atoms with E-state index in [0.717, 1.165) is 0 Å². The fourth-order valence-electron chi connectivity index (χ4n) is 0.467. The Morgan fingerprint density at radius 3 is 2.67 bits per heavy atom. The van der Waals surface area contributed by atoms with E-state index in [2.05, 4.69) is 4.99 Å². The van der Waals surface area contributed by atoms with Gasteiger partial charge in [-0.2, -0.15) is 0 Å². The van der Waals surface area contributed by atoms with Crippen LogP contribution in [0.5, 0.6) is 0 Å². The molecule has 0 spiro atoms. The number of carbonyl (C=O) groups is 1. The summed E-state index contributed by atoms with van der Waals surface area (Å²) in [5.74, 6) is -0.199. The van der Waals surface area contributed by atoms with Crippen molar-refractivity contribution in [3.8, 4) is 0 Å². The molecule has 1 aliphatic rings. The van der Waals surface area contributed by atoms with Gasteiger partial charge in [0.25, 0.3) is 0 Å². The standard InChI is InChI=1S/C5H5NO2.Fe/c7-4-1-2-6-5(8)3-4;/h1-2H,3H2,(H,6,8);. The second-order valence-corrected chi connectivity index (χ2v) is 1.50. The third-order valence-corrected chi connectivity index (χ3v) is 0.816. The summed E-state index contributed by atoms with van der Waals surface area (Å²) in [6.07, 6.45) is 2.68. The number of rotatable bonds is 0. The summed E-state index contributed by atoms with van der Waals surface area (Å²) in [5.41, 5.74) is 0. The molecule has 0 bridgehead atoms. The maximum absolute atomic E-state index is 10.3. The minimum absolute atomic E-state index is 0. The molecule has 0 aromatic carbocycles. The molecule has 1 aliphatic heterocycles. The van der Waals surface area contributed by atoms with Crippen LogP contribution in [-0.2, 0) is 21.9 Å². The fraction of sp³-hybridized carbons (Fsp3) is 0.200. The van der Waals surface area contributed by atoms with Gasteiger partial charge in [-0.15, -0.1) is 0 Å². The molecule has 9 heavy (non-hydrogen) atoms. The average molecular weight is 167 g/mol. The van der Waals surface area contributed by atoms with Gasteiger partial charge in [0.15, 0.2) is 11.7 Å². The molecule has 0 saturated carbocycles. The van der Waals surface area contributed by atoms with Gasteiger partial charge in [0.05, 0.1) is 6.42 Å². The molecule has 0 unspecified atom stereocenters. The van der Waals surface area contributed by atoms with Gasteiger partial charge in [0.1, 0.15) is 0 Å². The normalized spacial score (nSPS) is 16.4. The van der Waals surface area contributed by atoms with Crippen LogP contribution < -0.4 is 0 Å². The first-order valence-electron chi connectivity index (χ1n) is 2.24. The summed E-state index contributed by atoms with van der Waals surface area (Å²) >= 11 is 0. The second-order valence-electron chi connectivity index (χ2n) is 1.50. The Labute approximate surface area is 63.0 Å². The molecular formula is C5H5FeNO2. The van der Waals surface area contributed by atoms with Crippen molar-refractivity contribution in [3.05, 3.63) is 12.3 Å². The van der Waals surface area contributed by atoms with Crippen LogP contribution in [0.2, 0.25) is 0 Å². The Kier molecular flexibility index (Phi) is 3.20. The Bertz CT molecular complexity index is 174. The number of ketones is 1. The summed E-state index contributed by atoms with van der Waals surface area (Å²) in [7, 11) is 0. The maximum Gasteiger partial charge on any atom is 0.193 e. The molecule has 0 aromatic heterocycles. The van der Waals surface area contributed by atoms with Gasteiger partial charge in [-0.05, 0) is 0 Å². The van der Waals surface area contributed by atoms with Crippen LogP contribution in [-0.4, -0.2) is 16.8 Å². The van der Waals surface area contributed by atoms with E-state index in [1.165, 1.54) is 12.3 Å². The third kappa shape index (κ3) is 2.44. The van der Waals surface area contributed by atoms with Crippen LogP contribution in [0.15, 0.2) is 17.3 Å². The number of aliphatic imine (C=N–C) groups is 1. The molecule has 0 fully saturated rings. The third-order valence-electron chi connectivity index (χ3n) is 0.816. The van der Waals surface area contributed by atoms with Crippen molar-refractivity contribution in [1.82, 2.24) is 0 Å². The SMILES string of the molecule is O=C1C=CN=C(O)C1.[Fe]. The van der Waals surface area contributed by atoms with Gasteiger partial charge < -0.3 is 5.11 Å². The predicted molar refractivity (Wildman–Crippen MR) is 28.8 cm³/mol. The maximum atomic E-state index is 10.3. The Morgan fingerprint density at radius 1 is 1.67 bits per heavy atom. The molecule has 50 valence electrons. The Hall–Kier alpha value is -0.601. The number of allylic oxidation sites excluding steroid dienone is 1. The smallest absolute Gasteiger partial charge is 0.193 e. The van der Waals surface area contributed by atoms with Gasteiger partial charge >= 0.3 is 0 Å². The zero-order valence-corrected chi connectivity index (χ0v) is 5.62. The predicted octanol–water partition coefficient (Wildman–Crippen LogP) is 0.427. The monoisotopic (exact) mass is 167 g/mol. The summed E-state index contributed by atoms with van der Waals surface area (Å²) < 4.78 is 0. The Morgan fingerprint density at radius 2 is 2.33 bits per heavy atom. The number of carbonyl (C=O) groups excluding carboxylic acids is 1. The topological polar surface area (TPSA) is 49.7 Å². The van der Waals surface area contributed by atoms with Gasteiger partial charge in [-0.1, -0.05) is 0 Å². The molecule has 0 aliphatic carbocycles. The van der Waals surface area contributed by atoms with Crippen molar-refractivity contribution in [3.63, 3.8) is 0 Å². The average Bonchev–Trinajstić information content (AvgIpc) is 1.64. The zero-order chi connectivity index (χ0) is 5.98. The van der Waals surface area contributed by atoms with Crippen molar-refractivity contribution in [2.75, 3.05) is 0 Å². The van der Waals surface area contributed by atoms with E-state index in [1.807, 2.05) is 0 Å². The number of nitrogens with zero attached hydrogens (tertiary/aromatic N) is 1.